The first kappa shape index (κ1) is 16.2. The summed E-state index contributed by atoms with van der Waals surface area (Å²) in [4.78, 5) is 2.50. The van der Waals surface area contributed by atoms with Gasteiger partial charge < -0.3 is 5.32 Å². The summed E-state index contributed by atoms with van der Waals surface area (Å²) in [5.41, 5.74) is 1.35. The Bertz CT molecular complexity index is 366. The molecule has 19 heavy (non-hydrogen) atoms. The molecule has 0 aliphatic carbocycles. The third kappa shape index (κ3) is 3.57. The Morgan fingerprint density at radius 1 is 1.26 bits per heavy atom. The van der Waals surface area contributed by atoms with E-state index >= 15 is 0 Å². The number of rotatable bonds is 8. The summed E-state index contributed by atoms with van der Waals surface area (Å²) in [6.45, 7) is 17.4. The van der Waals surface area contributed by atoms with E-state index in [1.807, 2.05) is 10.9 Å². The van der Waals surface area contributed by atoms with E-state index in [-0.39, 0.29) is 5.54 Å². The Kier molecular flexibility index (Phi) is 6.01. The molecule has 4 heteroatoms. The van der Waals surface area contributed by atoms with Crippen molar-refractivity contribution >= 4 is 0 Å². The van der Waals surface area contributed by atoms with Crippen molar-refractivity contribution in [2.45, 2.75) is 59.7 Å². The van der Waals surface area contributed by atoms with Gasteiger partial charge in [-0.15, -0.1) is 0 Å². The van der Waals surface area contributed by atoms with Crippen molar-refractivity contribution in [3.8, 4) is 0 Å². The van der Waals surface area contributed by atoms with Gasteiger partial charge in [0.05, 0.1) is 12.2 Å². The highest BCUT2D eigenvalue weighted by Crippen LogP contribution is 2.30. The highest BCUT2D eigenvalue weighted by Gasteiger charge is 2.35. The van der Waals surface area contributed by atoms with Crippen LogP contribution >= 0.6 is 0 Å². The average molecular weight is 266 g/mol. The smallest absolute Gasteiger partial charge is 0.0538 e. The van der Waals surface area contributed by atoms with Gasteiger partial charge in [-0.1, -0.05) is 20.8 Å². The van der Waals surface area contributed by atoms with Crippen LogP contribution in [0.15, 0.2) is 12.4 Å². The largest absolute Gasteiger partial charge is 0.309 e. The van der Waals surface area contributed by atoms with Crippen LogP contribution in [0.1, 0.15) is 53.1 Å². The zero-order valence-electron chi connectivity index (χ0n) is 13.4. The van der Waals surface area contributed by atoms with Crippen molar-refractivity contribution in [1.29, 1.82) is 0 Å². The maximum atomic E-state index is 4.42. The van der Waals surface area contributed by atoms with E-state index in [9.17, 15) is 0 Å². The van der Waals surface area contributed by atoms with Crippen LogP contribution in [0.5, 0.6) is 0 Å². The molecule has 1 atom stereocenters. The molecule has 1 aromatic heterocycles. The van der Waals surface area contributed by atoms with Crippen molar-refractivity contribution < 1.29 is 0 Å². The Balaban J connectivity index is 3.04. The summed E-state index contributed by atoms with van der Waals surface area (Å²) in [6.07, 6.45) is 4.17. The molecule has 0 spiro atoms. The number of nitrogens with zero attached hydrogens (tertiary/aromatic N) is 3. The number of aryl methyl sites for hydroxylation is 1. The van der Waals surface area contributed by atoms with Gasteiger partial charge in [0.2, 0.25) is 0 Å². The van der Waals surface area contributed by atoms with Crippen LogP contribution in [0.4, 0.5) is 0 Å². The van der Waals surface area contributed by atoms with Gasteiger partial charge in [0.1, 0.15) is 0 Å². The van der Waals surface area contributed by atoms with Gasteiger partial charge in [-0.3, -0.25) is 9.58 Å². The quantitative estimate of drug-likeness (QED) is 0.785. The van der Waals surface area contributed by atoms with Crippen molar-refractivity contribution in [3.05, 3.63) is 18.0 Å². The summed E-state index contributed by atoms with van der Waals surface area (Å²) in [7, 11) is 0. The lowest BCUT2D eigenvalue weighted by Crippen LogP contribution is -2.52. The first-order valence-electron chi connectivity index (χ1n) is 7.51. The van der Waals surface area contributed by atoms with E-state index in [4.69, 9.17) is 0 Å². The molecule has 4 nitrogen and oxygen atoms in total. The van der Waals surface area contributed by atoms with E-state index in [2.05, 4.69) is 63.1 Å². The molecule has 0 radical (unpaired) electrons. The van der Waals surface area contributed by atoms with E-state index in [0.717, 1.165) is 26.2 Å². The van der Waals surface area contributed by atoms with Gasteiger partial charge in [0, 0.05) is 23.8 Å². The third-order valence-electron chi connectivity index (χ3n) is 4.00. The molecule has 1 rings (SSSR count). The van der Waals surface area contributed by atoms with E-state index in [1.54, 1.807) is 0 Å². The van der Waals surface area contributed by atoms with Crippen LogP contribution in [0.3, 0.4) is 0 Å². The van der Waals surface area contributed by atoms with Crippen LogP contribution in [0.2, 0.25) is 0 Å². The Labute approximate surface area is 118 Å². The Hall–Kier alpha value is -0.870. The van der Waals surface area contributed by atoms with Gasteiger partial charge in [-0.05, 0) is 40.4 Å². The molecular formula is C15H30N4. The fourth-order valence-electron chi connectivity index (χ4n) is 2.90. The average Bonchev–Trinajstić information content (AvgIpc) is 2.85. The molecule has 1 aromatic rings. The summed E-state index contributed by atoms with van der Waals surface area (Å²) >= 11 is 0. The molecule has 0 saturated heterocycles. The van der Waals surface area contributed by atoms with Gasteiger partial charge in [-0.25, -0.2) is 0 Å². The van der Waals surface area contributed by atoms with Crippen molar-refractivity contribution in [2.75, 3.05) is 19.6 Å². The standard InChI is InChI=1S/C15H30N4/c1-7-16-14(13-11-17-19(10-4)12-13)15(5,6)18(8-2)9-3/h11-12,14,16H,7-10H2,1-6H3. The summed E-state index contributed by atoms with van der Waals surface area (Å²) in [6, 6.07) is 0.303. The second kappa shape index (κ2) is 7.06. The minimum absolute atomic E-state index is 0.0706. The maximum absolute atomic E-state index is 4.42. The molecule has 0 fully saturated rings. The van der Waals surface area contributed by atoms with E-state index in [1.165, 1.54) is 5.56 Å². The summed E-state index contributed by atoms with van der Waals surface area (Å²) in [5.74, 6) is 0. The van der Waals surface area contributed by atoms with Gasteiger partial charge in [0.25, 0.3) is 0 Å². The molecule has 1 N–H and O–H groups in total. The summed E-state index contributed by atoms with van der Waals surface area (Å²) in [5, 5.41) is 8.05. The minimum atomic E-state index is 0.0706. The van der Waals surface area contributed by atoms with Crippen LogP contribution in [0.25, 0.3) is 0 Å². The molecule has 0 amide bonds. The van der Waals surface area contributed by atoms with Gasteiger partial charge >= 0.3 is 0 Å². The van der Waals surface area contributed by atoms with Crippen LogP contribution in [-0.2, 0) is 6.54 Å². The van der Waals surface area contributed by atoms with Crippen molar-refractivity contribution in [2.24, 2.45) is 0 Å². The highest BCUT2D eigenvalue weighted by molar-refractivity contribution is 5.16. The fourth-order valence-corrected chi connectivity index (χ4v) is 2.90. The highest BCUT2D eigenvalue weighted by atomic mass is 15.3. The number of nitrogens with one attached hydrogen (secondary N) is 1. The first-order valence-corrected chi connectivity index (χ1v) is 7.51. The number of likely N-dealkylation sites (N-methyl/N-ethyl adjacent to an activating group) is 2. The molecule has 110 valence electrons. The van der Waals surface area contributed by atoms with Crippen LogP contribution < -0.4 is 5.32 Å². The molecule has 1 heterocycles. The molecule has 1 unspecified atom stereocenters. The lowest BCUT2D eigenvalue weighted by atomic mass is 9.88. The number of hydrogen-bond acceptors (Lipinski definition) is 3. The normalized spacial score (nSPS) is 14.1. The molecular weight excluding hydrogens is 236 g/mol. The van der Waals surface area contributed by atoms with Gasteiger partial charge in [-0.2, -0.15) is 5.10 Å². The predicted molar refractivity (Wildman–Crippen MR) is 81.3 cm³/mol. The third-order valence-corrected chi connectivity index (χ3v) is 4.00. The monoisotopic (exact) mass is 266 g/mol. The lowest BCUT2D eigenvalue weighted by molar-refractivity contribution is 0.0918. The number of hydrogen-bond donors (Lipinski definition) is 1. The van der Waals surface area contributed by atoms with E-state index in [0.29, 0.717) is 6.04 Å². The number of aromatic nitrogens is 2. The lowest BCUT2D eigenvalue weighted by Gasteiger charge is -2.43. The predicted octanol–water partition coefficient (Wildman–Crippen LogP) is 2.67. The fraction of sp³-hybridized carbons (Fsp3) is 0.800. The van der Waals surface area contributed by atoms with Crippen molar-refractivity contribution in [1.82, 2.24) is 20.0 Å². The molecule has 0 aliphatic heterocycles. The SMILES string of the molecule is CCNC(c1cnn(CC)c1)C(C)(C)N(CC)CC. The Morgan fingerprint density at radius 3 is 2.32 bits per heavy atom. The maximum Gasteiger partial charge on any atom is 0.0538 e. The second-order valence-electron chi connectivity index (χ2n) is 5.45. The van der Waals surface area contributed by atoms with Crippen LogP contribution in [0, 0.1) is 0 Å². The topological polar surface area (TPSA) is 33.1 Å². The van der Waals surface area contributed by atoms with Crippen LogP contribution in [-0.4, -0.2) is 39.9 Å². The zero-order valence-corrected chi connectivity index (χ0v) is 13.4. The first-order chi connectivity index (χ1) is 9.01. The molecule has 0 bridgehead atoms. The van der Waals surface area contributed by atoms with E-state index < -0.39 is 0 Å². The van der Waals surface area contributed by atoms with Gasteiger partial charge in [0.15, 0.2) is 0 Å². The molecule has 0 saturated carbocycles. The zero-order chi connectivity index (χ0) is 14.5. The molecule has 0 aromatic carbocycles. The second-order valence-corrected chi connectivity index (χ2v) is 5.45. The Morgan fingerprint density at radius 2 is 1.89 bits per heavy atom. The summed E-state index contributed by atoms with van der Waals surface area (Å²) < 4.78 is 2.00. The molecule has 0 aliphatic rings. The minimum Gasteiger partial charge on any atom is -0.309 e. The van der Waals surface area contributed by atoms with Crippen molar-refractivity contribution in [3.63, 3.8) is 0 Å².